The van der Waals surface area contributed by atoms with Gasteiger partial charge in [0.1, 0.15) is 11.6 Å². The number of nitrogens with zero attached hydrogens (tertiary/aromatic N) is 1. The number of aromatic nitrogens is 2. The van der Waals surface area contributed by atoms with E-state index in [0.29, 0.717) is 21.5 Å². The molecule has 0 fully saturated rings. The van der Waals surface area contributed by atoms with Gasteiger partial charge in [0.15, 0.2) is 0 Å². The lowest BCUT2D eigenvalue weighted by Gasteiger charge is -2.08. The van der Waals surface area contributed by atoms with Gasteiger partial charge in [-0.2, -0.15) is 5.10 Å². The minimum Gasteiger partial charge on any atom is -0.497 e. The van der Waals surface area contributed by atoms with Gasteiger partial charge >= 0.3 is 0 Å². The van der Waals surface area contributed by atoms with Crippen molar-refractivity contribution >= 4 is 27.5 Å². The van der Waals surface area contributed by atoms with Crippen LogP contribution in [0.2, 0.25) is 0 Å². The van der Waals surface area contributed by atoms with Crippen LogP contribution in [-0.2, 0) is 0 Å². The summed E-state index contributed by atoms with van der Waals surface area (Å²) < 4.78 is 19.6. The van der Waals surface area contributed by atoms with Crippen molar-refractivity contribution in [1.82, 2.24) is 10.2 Å². The van der Waals surface area contributed by atoms with E-state index >= 15 is 0 Å². The lowest BCUT2D eigenvalue weighted by Crippen LogP contribution is -2.13. The van der Waals surface area contributed by atoms with E-state index in [9.17, 15) is 9.18 Å². The number of hydrogen-bond acceptors (Lipinski definition) is 3. The molecular weight excluding hydrogens is 377 g/mol. The molecule has 0 unspecified atom stereocenters. The number of amides is 1. The van der Waals surface area contributed by atoms with Gasteiger partial charge in [-0.15, -0.1) is 0 Å². The monoisotopic (exact) mass is 389 g/mol. The number of ether oxygens (including phenoxy) is 1. The maximum absolute atomic E-state index is 13.9. The molecule has 7 heteroatoms. The summed E-state index contributed by atoms with van der Waals surface area (Å²) in [6.07, 6.45) is 1.41. The summed E-state index contributed by atoms with van der Waals surface area (Å²) in [4.78, 5) is 12.5. The molecule has 0 spiro atoms. The van der Waals surface area contributed by atoms with Crippen LogP contribution in [-0.4, -0.2) is 23.2 Å². The molecule has 0 atom stereocenters. The first-order chi connectivity index (χ1) is 11.6. The average molecular weight is 390 g/mol. The van der Waals surface area contributed by atoms with E-state index in [4.69, 9.17) is 4.74 Å². The molecule has 3 aromatic rings. The SMILES string of the molecule is COc1ccc(-c2[nH]ncc2C(=O)Nc2ccc(Br)cc2F)cc1. The van der Waals surface area contributed by atoms with Crippen molar-refractivity contribution in [2.45, 2.75) is 0 Å². The normalized spacial score (nSPS) is 10.5. The Kier molecular flexibility index (Phi) is 4.61. The molecule has 24 heavy (non-hydrogen) atoms. The molecule has 0 bridgehead atoms. The highest BCUT2D eigenvalue weighted by molar-refractivity contribution is 9.10. The molecule has 0 saturated carbocycles. The number of nitrogens with one attached hydrogen (secondary N) is 2. The van der Waals surface area contributed by atoms with Crippen LogP contribution in [0, 0.1) is 5.82 Å². The number of carbonyl (C=O) groups excluding carboxylic acids is 1. The highest BCUT2D eigenvalue weighted by atomic mass is 79.9. The summed E-state index contributed by atoms with van der Waals surface area (Å²) in [7, 11) is 1.58. The lowest BCUT2D eigenvalue weighted by molar-refractivity contribution is 0.102. The third-order valence-electron chi connectivity index (χ3n) is 3.44. The number of anilines is 1. The van der Waals surface area contributed by atoms with E-state index in [1.807, 2.05) is 12.1 Å². The number of carbonyl (C=O) groups is 1. The van der Waals surface area contributed by atoms with Gasteiger partial charge in [0.2, 0.25) is 0 Å². The maximum Gasteiger partial charge on any atom is 0.259 e. The Morgan fingerprint density at radius 2 is 2.00 bits per heavy atom. The fraction of sp³-hybridized carbons (Fsp3) is 0.0588. The van der Waals surface area contributed by atoms with Crippen LogP contribution >= 0.6 is 15.9 Å². The van der Waals surface area contributed by atoms with Gasteiger partial charge in [0.05, 0.1) is 30.3 Å². The smallest absolute Gasteiger partial charge is 0.259 e. The Labute approximate surface area is 146 Å². The zero-order valence-electron chi connectivity index (χ0n) is 12.6. The van der Waals surface area contributed by atoms with E-state index < -0.39 is 11.7 Å². The Morgan fingerprint density at radius 3 is 2.67 bits per heavy atom. The largest absolute Gasteiger partial charge is 0.497 e. The van der Waals surface area contributed by atoms with Crippen molar-refractivity contribution < 1.29 is 13.9 Å². The molecular formula is C17H13BrFN3O2. The predicted molar refractivity (Wildman–Crippen MR) is 92.6 cm³/mol. The molecule has 0 aliphatic carbocycles. The fourth-order valence-corrected chi connectivity index (χ4v) is 2.55. The first-order valence-corrected chi connectivity index (χ1v) is 7.82. The number of halogens is 2. The first-order valence-electron chi connectivity index (χ1n) is 7.02. The molecule has 0 aliphatic rings. The molecule has 1 heterocycles. The number of aromatic amines is 1. The number of benzene rings is 2. The Balaban J connectivity index is 1.87. The number of rotatable bonds is 4. The minimum absolute atomic E-state index is 0.102. The van der Waals surface area contributed by atoms with Gasteiger partial charge in [-0.1, -0.05) is 15.9 Å². The molecule has 0 aliphatic heterocycles. The molecule has 0 radical (unpaired) electrons. The van der Waals surface area contributed by atoms with Crippen LogP contribution in [0.3, 0.4) is 0 Å². The van der Waals surface area contributed by atoms with Crippen molar-refractivity contribution in [3.8, 4) is 17.0 Å². The summed E-state index contributed by atoms with van der Waals surface area (Å²) >= 11 is 3.18. The molecule has 122 valence electrons. The van der Waals surface area contributed by atoms with Gasteiger partial charge in [-0.3, -0.25) is 9.89 Å². The average Bonchev–Trinajstić information content (AvgIpc) is 3.07. The van der Waals surface area contributed by atoms with E-state index in [-0.39, 0.29) is 5.69 Å². The molecule has 0 saturated heterocycles. The fourth-order valence-electron chi connectivity index (χ4n) is 2.22. The third-order valence-corrected chi connectivity index (χ3v) is 3.94. The molecule has 1 amide bonds. The van der Waals surface area contributed by atoms with Gasteiger partial charge < -0.3 is 10.1 Å². The van der Waals surface area contributed by atoms with E-state index in [1.54, 1.807) is 25.3 Å². The zero-order chi connectivity index (χ0) is 17.1. The van der Waals surface area contributed by atoms with E-state index in [1.165, 1.54) is 18.3 Å². The Morgan fingerprint density at radius 1 is 1.25 bits per heavy atom. The van der Waals surface area contributed by atoms with Crippen molar-refractivity contribution in [3.63, 3.8) is 0 Å². The molecule has 3 rings (SSSR count). The standard InChI is InChI=1S/C17H13BrFN3O2/c1-24-12-5-2-10(3-6-12)16-13(9-20-22-16)17(23)21-15-7-4-11(18)8-14(15)19/h2-9H,1H3,(H,20,22)(H,21,23). The quantitative estimate of drug-likeness (QED) is 0.701. The van der Waals surface area contributed by atoms with Gasteiger partial charge in [0, 0.05) is 10.0 Å². The van der Waals surface area contributed by atoms with Gasteiger partial charge in [-0.25, -0.2) is 4.39 Å². The van der Waals surface area contributed by atoms with Crippen LogP contribution in [0.15, 0.2) is 53.1 Å². The topological polar surface area (TPSA) is 67.0 Å². The molecule has 2 N–H and O–H groups in total. The van der Waals surface area contributed by atoms with E-state index in [2.05, 4.69) is 31.4 Å². The Hall–Kier alpha value is -2.67. The van der Waals surface area contributed by atoms with Crippen molar-refractivity contribution in [3.05, 3.63) is 64.5 Å². The highest BCUT2D eigenvalue weighted by Gasteiger charge is 2.17. The number of hydrogen-bond donors (Lipinski definition) is 2. The van der Waals surface area contributed by atoms with Crippen LogP contribution in [0.5, 0.6) is 5.75 Å². The van der Waals surface area contributed by atoms with Gasteiger partial charge in [0.25, 0.3) is 5.91 Å². The number of H-pyrrole nitrogens is 1. The maximum atomic E-state index is 13.9. The summed E-state index contributed by atoms with van der Waals surface area (Å²) in [6.45, 7) is 0. The van der Waals surface area contributed by atoms with Crippen LogP contribution in [0.4, 0.5) is 10.1 Å². The van der Waals surface area contributed by atoms with Crippen LogP contribution in [0.1, 0.15) is 10.4 Å². The van der Waals surface area contributed by atoms with Crippen LogP contribution < -0.4 is 10.1 Å². The Bertz CT molecular complexity index is 878. The molecule has 5 nitrogen and oxygen atoms in total. The zero-order valence-corrected chi connectivity index (χ0v) is 14.2. The van der Waals surface area contributed by atoms with Crippen molar-refractivity contribution in [1.29, 1.82) is 0 Å². The molecule has 1 aromatic heterocycles. The number of methoxy groups -OCH3 is 1. The van der Waals surface area contributed by atoms with Gasteiger partial charge in [-0.05, 0) is 42.5 Å². The second-order valence-electron chi connectivity index (χ2n) is 4.97. The second-order valence-corrected chi connectivity index (χ2v) is 5.88. The summed E-state index contributed by atoms with van der Waals surface area (Å²) in [5, 5.41) is 9.27. The third kappa shape index (κ3) is 3.30. The first kappa shape index (κ1) is 16.2. The minimum atomic E-state index is -0.521. The summed E-state index contributed by atoms with van der Waals surface area (Å²) in [6, 6.07) is 11.6. The molecule has 2 aromatic carbocycles. The predicted octanol–water partition coefficient (Wildman–Crippen LogP) is 4.24. The second kappa shape index (κ2) is 6.84. The van der Waals surface area contributed by atoms with E-state index in [0.717, 1.165) is 5.56 Å². The summed E-state index contributed by atoms with van der Waals surface area (Å²) in [5.41, 5.74) is 1.75. The van der Waals surface area contributed by atoms with Crippen molar-refractivity contribution in [2.75, 3.05) is 12.4 Å². The van der Waals surface area contributed by atoms with Crippen molar-refractivity contribution in [2.24, 2.45) is 0 Å². The lowest BCUT2D eigenvalue weighted by atomic mass is 10.1. The summed E-state index contributed by atoms with van der Waals surface area (Å²) in [5.74, 6) is -0.260. The highest BCUT2D eigenvalue weighted by Crippen LogP contribution is 2.25. The van der Waals surface area contributed by atoms with Crippen LogP contribution in [0.25, 0.3) is 11.3 Å².